The summed E-state index contributed by atoms with van der Waals surface area (Å²) in [5.74, 6) is 0.353. The Bertz CT molecular complexity index is 681. The lowest BCUT2D eigenvalue weighted by Gasteiger charge is -2.25. The molecule has 1 N–H and O–H groups in total. The fourth-order valence-corrected chi connectivity index (χ4v) is 3.56. The highest BCUT2D eigenvalue weighted by molar-refractivity contribution is 6.33. The third kappa shape index (κ3) is 3.73. The van der Waals surface area contributed by atoms with E-state index < -0.39 is 0 Å². The van der Waals surface area contributed by atoms with Gasteiger partial charge in [0.1, 0.15) is 0 Å². The molecule has 2 aromatic rings. The van der Waals surface area contributed by atoms with Gasteiger partial charge < -0.3 is 5.32 Å². The van der Waals surface area contributed by atoms with E-state index in [1.807, 2.05) is 37.4 Å². The number of nitrogens with one attached hydrogen (secondary N) is 1. The van der Waals surface area contributed by atoms with Crippen molar-refractivity contribution in [2.24, 2.45) is 5.92 Å². The molecule has 1 amide bonds. The molecule has 1 aromatic heterocycles. The molecule has 3 nitrogen and oxygen atoms in total. The molecular weight excluding hydrogens is 308 g/mol. The number of nitrogens with zero attached hydrogens (tertiary/aromatic N) is 1. The van der Waals surface area contributed by atoms with Crippen molar-refractivity contribution in [1.82, 2.24) is 10.3 Å². The lowest BCUT2D eigenvalue weighted by molar-refractivity contribution is 0.0921. The van der Waals surface area contributed by atoms with Crippen LogP contribution in [0, 0.1) is 12.8 Å². The number of amides is 1. The fraction of sp³-hybridized carbons (Fsp3) is 0.368. The summed E-state index contributed by atoms with van der Waals surface area (Å²) < 4.78 is 0. The monoisotopic (exact) mass is 328 g/mol. The number of hydrogen-bond acceptors (Lipinski definition) is 2. The van der Waals surface area contributed by atoms with Crippen molar-refractivity contribution < 1.29 is 4.79 Å². The number of aryl methyl sites for hydroxylation is 1. The van der Waals surface area contributed by atoms with Gasteiger partial charge in [-0.25, -0.2) is 0 Å². The largest absolute Gasteiger partial charge is 0.345 e. The Kier molecular flexibility index (Phi) is 4.97. The summed E-state index contributed by atoms with van der Waals surface area (Å²) in [6.07, 6.45) is 8.34. The maximum atomic E-state index is 12.7. The van der Waals surface area contributed by atoms with E-state index in [-0.39, 0.29) is 11.9 Å². The molecule has 3 rings (SSSR count). The number of hydrogen-bond donors (Lipinski definition) is 1. The zero-order chi connectivity index (χ0) is 16.2. The first kappa shape index (κ1) is 16.0. The van der Waals surface area contributed by atoms with Crippen LogP contribution in [-0.4, -0.2) is 10.9 Å². The number of rotatable bonds is 4. The first-order valence-corrected chi connectivity index (χ1v) is 8.50. The average Bonchev–Trinajstić information content (AvgIpc) is 3.09. The van der Waals surface area contributed by atoms with Crippen LogP contribution in [0.5, 0.6) is 0 Å². The molecule has 0 saturated heterocycles. The molecule has 23 heavy (non-hydrogen) atoms. The molecule has 1 aromatic carbocycles. The lowest BCUT2D eigenvalue weighted by atomic mass is 9.92. The van der Waals surface area contributed by atoms with Gasteiger partial charge in [-0.3, -0.25) is 9.78 Å². The van der Waals surface area contributed by atoms with Crippen LogP contribution in [0.2, 0.25) is 5.02 Å². The fourth-order valence-electron chi connectivity index (χ4n) is 3.36. The molecule has 0 aliphatic heterocycles. The predicted molar refractivity (Wildman–Crippen MR) is 92.6 cm³/mol. The van der Waals surface area contributed by atoms with Crippen LogP contribution < -0.4 is 5.32 Å². The van der Waals surface area contributed by atoms with Gasteiger partial charge in [0.05, 0.1) is 16.6 Å². The van der Waals surface area contributed by atoms with Gasteiger partial charge in [-0.05, 0) is 49.4 Å². The van der Waals surface area contributed by atoms with Gasteiger partial charge >= 0.3 is 0 Å². The van der Waals surface area contributed by atoms with Gasteiger partial charge in [0.25, 0.3) is 5.91 Å². The molecule has 0 bridgehead atoms. The first-order valence-electron chi connectivity index (χ1n) is 8.12. The molecule has 1 aliphatic rings. The van der Waals surface area contributed by atoms with E-state index in [1.165, 1.54) is 12.8 Å². The molecule has 1 saturated carbocycles. The molecule has 1 fully saturated rings. The standard InChI is InChI=1S/C19H21ClN2O/c1-13-8-9-17(20)16(11-13)19(23)22-18(14-5-2-3-6-14)15-7-4-10-21-12-15/h4,7-12,14,18H,2-3,5-6H2,1H3,(H,22,23). The number of halogens is 1. The summed E-state index contributed by atoms with van der Waals surface area (Å²) in [4.78, 5) is 17.0. The molecule has 120 valence electrons. The Morgan fingerprint density at radius 1 is 1.30 bits per heavy atom. The lowest BCUT2D eigenvalue weighted by Crippen LogP contribution is -2.33. The van der Waals surface area contributed by atoms with Crippen LogP contribution in [0.4, 0.5) is 0 Å². The Morgan fingerprint density at radius 2 is 2.09 bits per heavy atom. The van der Waals surface area contributed by atoms with E-state index in [9.17, 15) is 4.79 Å². The quantitative estimate of drug-likeness (QED) is 0.883. The predicted octanol–water partition coefficient (Wildman–Crippen LogP) is 4.70. The van der Waals surface area contributed by atoms with Crippen molar-refractivity contribution in [3.05, 3.63) is 64.4 Å². The SMILES string of the molecule is Cc1ccc(Cl)c(C(=O)NC(c2cccnc2)C2CCCC2)c1. The number of carbonyl (C=O) groups excluding carboxylic acids is 1. The summed E-state index contributed by atoms with van der Waals surface area (Å²) in [5.41, 5.74) is 2.63. The van der Waals surface area contributed by atoms with E-state index in [4.69, 9.17) is 11.6 Å². The van der Waals surface area contributed by atoms with Gasteiger partial charge in [-0.2, -0.15) is 0 Å². The normalized spacial score (nSPS) is 16.3. The molecular formula is C19H21ClN2O. The Hall–Kier alpha value is -1.87. The molecule has 1 atom stereocenters. The Morgan fingerprint density at radius 3 is 2.78 bits per heavy atom. The Balaban J connectivity index is 1.86. The maximum absolute atomic E-state index is 12.7. The van der Waals surface area contributed by atoms with Crippen LogP contribution in [-0.2, 0) is 0 Å². The minimum atomic E-state index is -0.112. The van der Waals surface area contributed by atoms with Crippen molar-refractivity contribution in [1.29, 1.82) is 0 Å². The smallest absolute Gasteiger partial charge is 0.253 e. The molecule has 1 heterocycles. The number of carbonyl (C=O) groups is 1. The molecule has 0 spiro atoms. The van der Waals surface area contributed by atoms with Crippen molar-refractivity contribution in [2.45, 2.75) is 38.6 Å². The zero-order valence-electron chi connectivity index (χ0n) is 13.3. The highest BCUT2D eigenvalue weighted by Gasteiger charge is 2.28. The van der Waals surface area contributed by atoms with E-state index in [1.54, 1.807) is 12.3 Å². The topological polar surface area (TPSA) is 42.0 Å². The molecule has 0 radical (unpaired) electrons. The highest BCUT2D eigenvalue weighted by Crippen LogP contribution is 2.35. The van der Waals surface area contributed by atoms with Crippen LogP contribution in [0.25, 0.3) is 0 Å². The van der Waals surface area contributed by atoms with Crippen molar-refractivity contribution in [3.63, 3.8) is 0 Å². The summed E-state index contributed by atoms with van der Waals surface area (Å²) in [7, 11) is 0. The van der Waals surface area contributed by atoms with Crippen LogP contribution >= 0.6 is 11.6 Å². The van der Waals surface area contributed by atoms with Gasteiger partial charge in [-0.1, -0.05) is 42.1 Å². The second kappa shape index (κ2) is 7.14. The summed E-state index contributed by atoms with van der Waals surface area (Å²) in [6, 6.07) is 9.48. The van der Waals surface area contributed by atoms with Crippen LogP contribution in [0.15, 0.2) is 42.7 Å². The van der Waals surface area contributed by atoms with Gasteiger partial charge in [-0.15, -0.1) is 0 Å². The molecule has 1 unspecified atom stereocenters. The number of pyridine rings is 1. The van der Waals surface area contributed by atoms with Crippen LogP contribution in [0.3, 0.4) is 0 Å². The third-order valence-corrected chi connectivity index (χ3v) is 4.90. The molecule has 1 aliphatic carbocycles. The average molecular weight is 329 g/mol. The van der Waals surface area contributed by atoms with Gasteiger partial charge in [0, 0.05) is 12.4 Å². The van der Waals surface area contributed by atoms with Crippen molar-refractivity contribution >= 4 is 17.5 Å². The first-order chi connectivity index (χ1) is 11.1. The second-order valence-corrected chi connectivity index (χ2v) is 6.67. The van der Waals surface area contributed by atoms with E-state index in [0.717, 1.165) is 24.0 Å². The highest BCUT2D eigenvalue weighted by atomic mass is 35.5. The van der Waals surface area contributed by atoms with E-state index >= 15 is 0 Å². The number of aromatic nitrogens is 1. The van der Waals surface area contributed by atoms with Crippen molar-refractivity contribution in [2.75, 3.05) is 0 Å². The van der Waals surface area contributed by atoms with E-state index in [0.29, 0.717) is 16.5 Å². The minimum Gasteiger partial charge on any atom is -0.345 e. The van der Waals surface area contributed by atoms with Gasteiger partial charge in [0.2, 0.25) is 0 Å². The zero-order valence-corrected chi connectivity index (χ0v) is 14.0. The maximum Gasteiger partial charge on any atom is 0.253 e. The number of benzene rings is 1. The second-order valence-electron chi connectivity index (χ2n) is 6.27. The summed E-state index contributed by atoms with van der Waals surface area (Å²) in [6.45, 7) is 1.96. The van der Waals surface area contributed by atoms with Crippen LogP contribution in [0.1, 0.15) is 53.2 Å². The molecule has 4 heteroatoms. The third-order valence-electron chi connectivity index (χ3n) is 4.57. The Labute approximate surface area is 142 Å². The minimum absolute atomic E-state index is 0.00437. The van der Waals surface area contributed by atoms with E-state index in [2.05, 4.69) is 10.3 Å². The summed E-state index contributed by atoms with van der Waals surface area (Å²) in [5, 5.41) is 3.69. The van der Waals surface area contributed by atoms with Crippen molar-refractivity contribution in [3.8, 4) is 0 Å². The summed E-state index contributed by atoms with van der Waals surface area (Å²) >= 11 is 6.21. The van der Waals surface area contributed by atoms with Gasteiger partial charge in [0.15, 0.2) is 0 Å².